The maximum Gasteiger partial charge on any atom is 0.0613 e. The first-order chi connectivity index (χ1) is 8.81. The summed E-state index contributed by atoms with van der Waals surface area (Å²) in [6.07, 6.45) is 9.45. The first kappa shape index (κ1) is 14.3. The normalized spacial score (nSPS) is 37.7. The van der Waals surface area contributed by atoms with E-state index >= 15 is 0 Å². The number of nitrogens with one attached hydrogen (secondary N) is 1. The molecule has 2 aliphatic rings. The van der Waals surface area contributed by atoms with Gasteiger partial charge in [-0.05, 0) is 44.1 Å². The lowest BCUT2D eigenvalue weighted by molar-refractivity contribution is 0.0869. The van der Waals surface area contributed by atoms with Gasteiger partial charge in [0.1, 0.15) is 0 Å². The van der Waals surface area contributed by atoms with Crippen LogP contribution in [0.2, 0.25) is 0 Å². The van der Waals surface area contributed by atoms with Crippen molar-refractivity contribution in [3.63, 3.8) is 0 Å². The predicted octanol–water partition coefficient (Wildman–Crippen LogP) is 2.30. The fourth-order valence-corrected chi connectivity index (χ4v) is 3.50. The zero-order chi connectivity index (χ0) is 12.8. The summed E-state index contributed by atoms with van der Waals surface area (Å²) in [6.45, 7) is 5.40. The summed E-state index contributed by atoms with van der Waals surface area (Å²) in [6, 6.07) is 0.418. The molecule has 2 rings (SSSR count). The second kappa shape index (κ2) is 7.46. The van der Waals surface area contributed by atoms with Crippen LogP contribution in [-0.2, 0) is 4.74 Å². The molecule has 2 fully saturated rings. The van der Waals surface area contributed by atoms with Gasteiger partial charge in [0.2, 0.25) is 0 Å². The molecule has 1 saturated heterocycles. The summed E-state index contributed by atoms with van der Waals surface area (Å²) in [5.41, 5.74) is 6.26. The van der Waals surface area contributed by atoms with E-state index in [9.17, 15) is 0 Å². The molecular formula is C15H30N2O. The maximum absolute atomic E-state index is 6.26. The monoisotopic (exact) mass is 254 g/mol. The zero-order valence-electron chi connectivity index (χ0n) is 11.9. The van der Waals surface area contributed by atoms with Crippen molar-refractivity contribution in [2.24, 2.45) is 17.6 Å². The third kappa shape index (κ3) is 3.94. The first-order valence-corrected chi connectivity index (χ1v) is 7.89. The molecule has 3 heteroatoms. The number of nitrogens with two attached hydrogens (primary N) is 1. The molecule has 1 aliphatic carbocycles. The molecule has 3 N–H and O–H groups in total. The molecule has 106 valence electrons. The quantitative estimate of drug-likeness (QED) is 0.740. The zero-order valence-corrected chi connectivity index (χ0v) is 11.9. The summed E-state index contributed by atoms with van der Waals surface area (Å²) in [5, 5.41) is 3.66. The van der Waals surface area contributed by atoms with Gasteiger partial charge < -0.3 is 15.8 Å². The minimum absolute atomic E-state index is 0.418. The molecule has 0 amide bonds. The second-order valence-electron chi connectivity index (χ2n) is 6.09. The second-order valence-corrected chi connectivity index (χ2v) is 6.09. The minimum atomic E-state index is 0.418. The van der Waals surface area contributed by atoms with Gasteiger partial charge in [-0.1, -0.05) is 26.2 Å². The maximum atomic E-state index is 6.26. The first-order valence-electron chi connectivity index (χ1n) is 7.89. The van der Waals surface area contributed by atoms with Crippen molar-refractivity contribution in [1.82, 2.24) is 5.32 Å². The molecule has 0 radical (unpaired) electrons. The fraction of sp³-hybridized carbons (Fsp3) is 1.00. The molecule has 0 aromatic heterocycles. The summed E-state index contributed by atoms with van der Waals surface area (Å²) >= 11 is 0. The van der Waals surface area contributed by atoms with E-state index in [0.29, 0.717) is 18.1 Å². The van der Waals surface area contributed by atoms with Crippen LogP contribution in [0, 0.1) is 11.8 Å². The lowest BCUT2D eigenvalue weighted by Crippen LogP contribution is -2.38. The summed E-state index contributed by atoms with van der Waals surface area (Å²) in [4.78, 5) is 0. The summed E-state index contributed by atoms with van der Waals surface area (Å²) in [7, 11) is 0. The molecule has 0 spiro atoms. The van der Waals surface area contributed by atoms with Crippen LogP contribution in [0.4, 0.5) is 0 Å². The molecule has 18 heavy (non-hydrogen) atoms. The van der Waals surface area contributed by atoms with Crippen LogP contribution in [0.5, 0.6) is 0 Å². The van der Waals surface area contributed by atoms with E-state index < -0.39 is 0 Å². The van der Waals surface area contributed by atoms with Crippen LogP contribution < -0.4 is 11.1 Å². The number of hydrogen-bond donors (Lipinski definition) is 2. The Hall–Kier alpha value is -0.120. The molecule has 1 aliphatic heterocycles. The van der Waals surface area contributed by atoms with Crippen molar-refractivity contribution < 1.29 is 4.74 Å². The van der Waals surface area contributed by atoms with Crippen LogP contribution in [0.3, 0.4) is 0 Å². The van der Waals surface area contributed by atoms with Gasteiger partial charge in [0.15, 0.2) is 0 Å². The largest absolute Gasteiger partial charge is 0.378 e. The SMILES string of the molecule is CCC1OCCC1CNCC1CCCCCC1N. The molecule has 4 unspecified atom stereocenters. The Balaban J connectivity index is 1.67. The number of rotatable bonds is 5. The van der Waals surface area contributed by atoms with Crippen molar-refractivity contribution >= 4 is 0 Å². The predicted molar refractivity (Wildman–Crippen MR) is 75.6 cm³/mol. The molecule has 0 aromatic carbocycles. The van der Waals surface area contributed by atoms with E-state index in [4.69, 9.17) is 10.5 Å². The number of hydrogen-bond acceptors (Lipinski definition) is 3. The highest BCUT2D eigenvalue weighted by molar-refractivity contribution is 4.81. The number of ether oxygens (including phenoxy) is 1. The van der Waals surface area contributed by atoms with Crippen LogP contribution in [0.25, 0.3) is 0 Å². The van der Waals surface area contributed by atoms with Gasteiger partial charge in [-0.15, -0.1) is 0 Å². The Morgan fingerprint density at radius 2 is 1.83 bits per heavy atom. The van der Waals surface area contributed by atoms with Gasteiger partial charge in [0, 0.05) is 19.2 Å². The standard InChI is InChI=1S/C15H30N2O/c1-2-15-13(8-9-18-15)11-17-10-12-6-4-3-5-7-14(12)16/h12-15,17H,2-11,16H2,1H3. The van der Waals surface area contributed by atoms with E-state index in [-0.39, 0.29) is 0 Å². The van der Waals surface area contributed by atoms with E-state index in [2.05, 4.69) is 12.2 Å². The van der Waals surface area contributed by atoms with Crippen LogP contribution >= 0.6 is 0 Å². The Labute approximate surface area is 112 Å². The summed E-state index contributed by atoms with van der Waals surface area (Å²) < 4.78 is 5.73. The van der Waals surface area contributed by atoms with Crippen molar-refractivity contribution in [3.8, 4) is 0 Å². The molecular weight excluding hydrogens is 224 g/mol. The van der Waals surface area contributed by atoms with Crippen molar-refractivity contribution in [2.45, 2.75) is 64.0 Å². The van der Waals surface area contributed by atoms with Crippen molar-refractivity contribution in [2.75, 3.05) is 19.7 Å². The summed E-state index contributed by atoms with van der Waals surface area (Å²) in [5.74, 6) is 1.41. The molecule has 0 bridgehead atoms. The van der Waals surface area contributed by atoms with Gasteiger partial charge in [0.25, 0.3) is 0 Å². The fourth-order valence-electron chi connectivity index (χ4n) is 3.50. The Kier molecular flexibility index (Phi) is 5.93. The average molecular weight is 254 g/mol. The van der Waals surface area contributed by atoms with Crippen LogP contribution in [0.15, 0.2) is 0 Å². The Morgan fingerprint density at radius 3 is 2.67 bits per heavy atom. The van der Waals surface area contributed by atoms with E-state index in [1.54, 1.807) is 0 Å². The average Bonchev–Trinajstić information content (AvgIpc) is 2.73. The van der Waals surface area contributed by atoms with E-state index in [0.717, 1.165) is 32.0 Å². The third-order valence-corrected chi connectivity index (χ3v) is 4.78. The molecule has 4 atom stereocenters. The van der Waals surface area contributed by atoms with Crippen LogP contribution in [0.1, 0.15) is 51.9 Å². The smallest absolute Gasteiger partial charge is 0.0613 e. The van der Waals surface area contributed by atoms with Gasteiger partial charge >= 0.3 is 0 Å². The molecule has 3 nitrogen and oxygen atoms in total. The lowest BCUT2D eigenvalue weighted by Gasteiger charge is -2.23. The van der Waals surface area contributed by atoms with E-state index in [1.165, 1.54) is 38.5 Å². The topological polar surface area (TPSA) is 47.3 Å². The van der Waals surface area contributed by atoms with Crippen LogP contribution in [-0.4, -0.2) is 31.8 Å². The van der Waals surface area contributed by atoms with E-state index in [1.807, 2.05) is 0 Å². The molecule has 0 aromatic rings. The highest BCUT2D eigenvalue weighted by atomic mass is 16.5. The van der Waals surface area contributed by atoms with Gasteiger partial charge in [-0.3, -0.25) is 0 Å². The Bertz CT molecular complexity index is 235. The van der Waals surface area contributed by atoms with Gasteiger partial charge in [0.05, 0.1) is 6.10 Å². The third-order valence-electron chi connectivity index (χ3n) is 4.78. The lowest BCUT2D eigenvalue weighted by atomic mass is 9.94. The molecule has 1 heterocycles. The van der Waals surface area contributed by atoms with Gasteiger partial charge in [-0.25, -0.2) is 0 Å². The molecule has 1 saturated carbocycles. The minimum Gasteiger partial charge on any atom is -0.378 e. The van der Waals surface area contributed by atoms with Crippen molar-refractivity contribution in [3.05, 3.63) is 0 Å². The van der Waals surface area contributed by atoms with Gasteiger partial charge in [-0.2, -0.15) is 0 Å². The Morgan fingerprint density at radius 1 is 1.06 bits per heavy atom. The highest BCUT2D eigenvalue weighted by Crippen LogP contribution is 2.24. The highest BCUT2D eigenvalue weighted by Gasteiger charge is 2.27. The van der Waals surface area contributed by atoms with Crippen molar-refractivity contribution in [1.29, 1.82) is 0 Å².